The zero-order valence-electron chi connectivity index (χ0n) is 17.9. The topological polar surface area (TPSA) is 63.9 Å². The number of nitrogens with zero attached hydrogens (tertiary/aromatic N) is 4. The first-order valence-electron chi connectivity index (χ1n) is 10.9. The van der Waals surface area contributed by atoms with Crippen molar-refractivity contribution in [1.29, 1.82) is 5.26 Å². The van der Waals surface area contributed by atoms with Gasteiger partial charge in [0.2, 0.25) is 0 Å². The van der Waals surface area contributed by atoms with Crippen molar-refractivity contribution in [3.05, 3.63) is 72.4 Å². The molecule has 1 N–H and O–H groups in total. The highest BCUT2D eigenvalue weighted by Gasteiger charge is 2.21. The fourth-order valence-electron chi connectivity index (χ4n) is 3.93. The Hall–Kier alpha value is -3.30. The monoisotopic (exact) mass is 415 g/mol. The first kappa shape index (κ1) is 21.0. The van der Waals surface area contributed by atoms with E-state index in [9.17, 15) is 5.26 Å². The van der Waals surface area contributed by atoms with Gasteiger partial charge in [0.05, 0.1) is 11.8 Å². The van der Waals surface area contributed by atoms with Crippen LogP contribution in [-0.4, -0.2) is 54.1 Å². The van der Waals surface area contributed by atoms with E-state index in [2.05, 4.69) is 23.2 Å². The van der Waals surface area contributed by atoms with Gasteiger partial charge in [0.15, 0.2) is 6.29 Å². The normalized spacial score (nSPS) is 19.5. The van der Waals surface area contributed by atoms with Crippen molar-refractivity contribution in [3.8, 4) is 11.8 Å². The largest absolute Gasteiger partial charge is 0.490 e. The Morgan fingerprint density at radius 3 is 2.52 bits per heavy atom. The van der Waals surface area contributed by atoms with Gasteiger partial charge in [-0.3, -0.25) is 0 Å². The maximum absolute atomic E-state index is 9.19. The number of ether oxygens (including phenoxy) is 1. The maximum atomic E-state index is 9.19. The van der Waals surface area contributed by atoms with E-state index in [0.29, 0.717) is 0 Å². The number of nitriles is 1. The summed E-state index contributed by atoms with van der Waals surface area (Å²) in [5, 5.41) is 12.6. The van der Waals surface area contributed by atoms with Crippen LogP contribution in [0, 0.1) is 11.3 Å². The molecule has 6 heteroatoms. The summed E-state index contributed by atoms with van der Waals surface area (Å²) < 4.78 is 6.18. The summed E-state index contributed by atoms with van der Waals surface area (Å²) in [4.78, 5) is 9.18. The van der Waals surface area contributed by atoms with Crippen LogP contribution >= 0.6 is 0 Å². The Morgan fingerprint density at radius 2 is 1.84 bits per heavy atom. The highest BCUT2D eigenvalue weighted by molar-refractivity contribution is 6.09. The van der Waals surface area contributed by atoms with E-state index in [0.717, 1.165) is 55.2 Å². The molecule has 1 atom stereocenters. The van der Waals surface area contributed by atoms with Crippen LogP contribution in [-0.2, 0) is 0 Å². The molecule has 160 valence electrons. The molecule has 0 radical (unpaired) electrons. The molecule has 0 spiro atoms. The molecule has 2 aliphatic heterocycles. The second kappa shape index (κ2) is 10.1. The first-order valence-corrected chi connectivity index (χ1v) is 10.9. The quantitative estimate of drug-likeness (QED) is 0.690. The van der Waals surface area contributed by atoms with Crippen molar-refractivity contribution in [1.82, 2.24) is 9.80 Å². The van der Waals surface area contributed by atoms with Gasteiger partial charge in [-0.1, -0.05) is 37.3 Å². The lowest BCUT2D eigenvalue weighted by Crippen LogP contribution is -2.39. The van der Waals surface area contributed by atoms with E-state index < -0.39 is 0 Å². The zero-order valence-corrected chi connectivity index (χ0v) is 17.9. The molecule has 2 aliphatic rings. The summed E-state index contributed by atoms with van der Waals surface area (Å²) in [5.74, 6) is 0.895. The Balaban J connectivity index is 1.41. The van der Waals surface area contributed by atoms with Crippen molar-refractivity contribution >= 4 is 11.4 Å². The summed E-state index contributed by atoms with van der Waals surface area (Å²) in [6, 6.07) is 20.3. The molecule has 0 saturated carbocycles. The molecule has 2 aromatic rings. The van der Waals surface area contributed by atoms with Crippen LogP contribution in [0.4, 0.5) is 5.69 Å². The summed E-state index contributed by atoms with van der Waals surface area (Å²) in [5.41, 5.74) is 2.89. The summed E-state index contributed by atoms with van der Waals surface area (Å²) in [6.45, 7) is 5.79. The number of piperidine rings is 1. The van der Waals surface area contributed by atoms with Crippen LogP contribution in [0.25, 0.3) is 0 Å². The molecule has 1 unspecified atom stereocenters. The van der Waals surface area contributed by atoms with Gasteiger partial charge in [0, 0.05) is 25.0 Å². The summed E-state index contributed by atoms with van der Waals surface area (Å²) >= 11 is 0. The number of aliphatic imine (C=N–C) groups is 1. The van der Waals surface area contributed by atoms with Crippen molar-refractivity contribution < 1.29 is 4.74 Å². The van der Waals surface area contributed by atoms with Crippen LogP contribution in [0.5, 0.6) is 5.75 Å². The highest BCUT2D eigenvalue weighted by Crippen LogP contribution is 2.23. The average Bonchev–Trinajstić information content (AvgIpc) is 2.83. The maximum Gasteiger partial charge on any atom is 0.197 e. The number of likely N-dealkylation sites (tertiary alicyclic amines) is 1. The van der Waals surface area contributed by atoms with E-state index in [1.807, 2.05) is 71.8 Å². The zero-order chi connectivity index (χ0) is 21.5. The van der Waals surface area contributed by atoms with E-state index >= 15 is 0 Å². The molecule has 1 saturated heterocycles. The lowest BCUT2D eigenvalue weighted by atomic mass is 10.1. The molecular weight excluding hydrogens is 386 g/mol. The van der Waals surface area contributed by atoms with Gasteiger partial charge in [-0.15, -0.1) is 0 Å². The van der Waals surface area contributed by atoms with Gasteiger partial charge in [0.25, 0.3) is 0 Å². The van der Waals surface area contributed by atoms with Gasteiger partial charge in [-0.25, -0.2) is 4.99 Å². The predicted molar refractivity (Wildman–Crippen MR) is 124 cm³/mol. The number of hydrogen-bond acceptors (Lipinski definition) is 6. The lowest BCUT2D eigenvalue weighted by molar-refractivity contribution is 0.104. The van der Waals surface area contributed by atoms with Crippen molar-refractivity contribution in [3.63, 3.8) is 0 Å². The van der Waals surface area contributed by atoms with Crippen molar-refractivity contribution in [2.45, 2.75) is 32.2 Å². The fraction of sp³-hybridized carbons (Fsp3) is 0.360. The number of nitrogens with one attached hydrogen (secondary N) is 1. The molecule has 0 amide bonds. The Morgan fingerprint density at radius 1 is 1.10 bits per heavy atom. The average molecular weight is 416 g/mol. The molecule has 0 aromatic heterocycles. The Kier molecular flexibility index (Phi) is 6.85. The van der Waals surface area contributed by atoms with Crippen molar-refractivity contribution in [2.75, 3.05) is 31.5 Å². The van der Waals surface area contributed by atoms with E-state index in [1.165, 1.54) is 0 Å². The Bertz CT molecular complexity index is 940. The summed E-state index contributed by atoms with van der Waals surface area (Å²) in [6.07, 6.45) is 5.96. The summed E-state index contributed by atoms with van der Waals surface area (Å²) in [7, 11) is 0. The molecule has 1 fully saturated rings. The standard InChI is InChI=1S/C25H29N5O/c1-2-29-16-12-23(13-17-29)31-22-10-8-21(9-11-22)27-25-28-24(14-18-30(25)19-15-26)20-6-4-3-5-7-20/h3-11,14,18,23,25,27H,2,12-13,16-17,19H2,1H3. The van der Waals surface area contributed by atoms with Gasteiger partial charge in [0.1, 0.15) is 18.4 Å². The second-order valence-corrected chi connectivity index (χ2v) is 7.82. The molecule has 0 aliphatic carbocycles. The van der Waals surface area contributed by atoms with Crippen LogP contribution in [0.2, 0.25) is 0 Å². The van der Waals surface area contributed by atoms with Crippen LogP contribution < -0.4 is 10.1 Å². The van der Waals surface area contributed by atoms with Gasteiger partial charge >= 0.3 is 0 Å². The predicted octanol–water partition coefficient (Wildman–Crippen LogP) is 4.09. The van der Waals surface area contributed by atoms with Gasteiger partial charge < -0.3 is 19.9 Å². The molecule has 2 heterocycles. The molecule has 31 heavy (non-hydrogen) atoms. The molecule has 4 rings (SSSR count). The van der Waals surface area contributed by atoms with E-state index in [1.54, 1.807) is 0 Å². The van der Waals surface area contributed by atoms with Gasteiger partial charge in [-0.2, -0.15) is 5.26 Å². The minimum absolute atomic E-state index is 0.261. The number of hydrogen-bond donors (Lipinski definition) is 1. The van der Waals surface area contributed by atoms with Crippen LogP contribution in [0.3, 0.4) is 0 Å². The third-order valence-corrected chi connectivity index (χ3v) is 5.76. The third kappa shape index (κ3) is 5.44. The SMILES string of the molecule is CCN1CCC(Oc2ccc(NC3N=C(c4ccccc4)C=CN3CC#N)cc2)CC1. The number of benzene rings is 2. The van der Waals surface area contributed by atoms with Crippen molar-refractivity contribution in [2.24, 2.45) is 4.99 Å². The minimum atomic E-state index is -0.343. The second-order valence-electron chi connectivity index (χ2n) is 7.82. The molecular formula is C25H29N5O. The lowest BCUT2D eigenvalue weighted by Gasteiger charge is -2.31. The number of rotatable bonds is 7. The molecule has 6 nitrogen and oxygen atoms in total. The highest BCUT2D eigenvalue weighted by atomic mass is 16.5. The van der Waals surface area contributed by atoms with E-state index in [4.69, 9.17) is 9.73 Å². The molecule has 0 bridgehead atoms. The number of anilines is 1. The van der Waals surface area contributed by atoms with Crippen LogP contribution in [0.15, 0.2) is 71.9 Å². The van der Waals surface area contributed by atoms with E-state index in [-0.39, 0.29) is 18.9 Å². The molecule has 2 aromatic carbocycles. The smallest absolute Gasteiger partial charge is 0.197 e. The Labute approximate surface area is 184 Å². The number of allylic oxidation sites excluding steroid dienone is 1. The minimum Gasteiger partial charge on any atom is -0.490 e. The van der Waals surface area contributed by atoms with Gasteiger partial charge in [-0.05, 0) is 55.3 Å². The fourth-order valence-corrected chi connectivity index (χ4v) is 3.93. The van der Waals surface area contributed by atoms with Crippen LogP contribution in [0.1, 0.15) is 25.3 Å². The first-order chi connectivity index (χ1) is 15.2. The third-order valence-electron chi connectivity index (χ3n) is 5.76.